The van der Waals surface area contributed by atoms with E-state index in [0.717, 1.165) is 11.3 Å². The molecule has 1 aromatic carbocycles. The van der Waals surface area contributed by atoms with Gasteiger partial charge >= 0.3 is 0 Å². The van der Waals surface area contributed by atoms with Crippen molar-refractivity contribution < 1.29 is 14.3 Å². The highest BCUT2D eigenvalue weighted by molar-refractivity contribution is 7.80. The van der Waals surface area contributed by atoms with Crippen molar-refractivity contribution in [2.75, 3.05) is 40.5 Å². The Labute approximate surface area is 161 Å². The molecule has 7 heteroatoms. The monoisotopic (exact) mass is 379 g/mol. The molecule has 0 aromatic heterocycles. The molecule has 1 aliphatic heterocycles. The largest absolute Gasteiger partial charge is 0.496 e. The van der Waals surface area contributed by atoms with E-state index in [9.17, 15) is 4.79 Å². The van der Waals surface area contributed by atoms with Gasteiger partial charge < -0.3 is 25.0 Å². The molecule has 1 amide bonds. The molecule has 2 atom stereocenters. The maximum absolute atomic E-state index is 12.8. The van der Waals surface area contributed by atoms with Crippen LogP contribution in [-0.2, 0) is 9.53 Å². The van der Waals surface area contributed by atoms with Gasteiger partial charge in [0.25, 0.3) is 0 Å². The number of para-hydroxylation sites is 1. The third-order valence-corrected chi connectivity index (χ3v) is 4.88. The second-order valence-corrected chi connectivity index (χ2v) is 7.13. The molecule has 0 bridgehead atoms. The Balaban J connectivity index is 2.22. The van der Waals surface area contributed by atoms with E-state index in [1.54, 1.807) is 14.2 Å². The molecule has 6 nitrogen and oxygen atoms in total. The van der Waals surface area contributed by atoms with Crippen molar-refractivity contribution in [1.82, 2.24) is 15.5 Å². The number of rotatable bonds is 7. The molecule has 0 unspecified atom stereocenters. The minimum atomic E-state index is -0.199. The molecule has 0 saturated carbocycles. The Hall–Kier alpha value is -1.86. The first kappa shape index (κ1) is 20.5. The van der Waals surface area contributed by atoms with Crippen molar-refractivity contribution in [2.24, 2.45) is 5.92 Å². The molecule has 144 valence electrons. The number of nitrogens with zero attached hydrogens (tertiary/aromatic N) is 1. The number of likely N-dealkylation sites (tertiary alicyclic amines) is 1. The maximum Gasteiger partial charge on any atom is 0.225 e. The Morgan fingerprint density at radius 1 is 1.31 bits per heavy atom. The predicted octanol–water partition coefficient (Wildman–Crippen LogP) is 1.76. The second-order valence-electron chi connectivity index (χ2n) is 6.75. The van der Waals surface area contributed by atoms with Gasteiger partial charge in [0, 0.05) is 38.7 Å². The van der Waals surface area contributed by atoms with Crippen molar-refractivity contribution in [2.45, 2.75) is 25.8 Å². The minimum absolute atomic E-state index is 0.0145. The van der Waals surface area contributed by atoms with Crippen molar-refractivity contribution >= 4 is 23.2 Å². The third-order valence-electron chi connectivity index (χ3n) is 4.50. The van der Waals surface area contributed by atoms with E-state index < -0.39 is 0 Å². The lowest BCUT2D eigenvalue weighted by Crippen LogP contribution is -2.42. The lowest BCUT2D eigenvalue weighted by atomic mass is 9.87. The standard InChI is InChI=1S/C19H29N3O3S/c1-13(2)21-19(26)22-11-15(14-7-5-6-8-17(14)25-4)16(12-22)18(23)20-9-10-24-3/h5-8,13,15-16H,9-12H2,1-4H3,(H,20,23)(H,21,26)/t15-,16-/m0/s1. The smallest absolute Gasteiger partial charge is 0.225 e. The van der Waals surface area contributed by atoms with Crippen LogP contribution in [0.4, 0.5) is 0 Å². The van der Waals surface area contributed by atoms with Crippen molar-refractivity contribution in [3.63, 3.8) is 0 Å². The fourth-order valence-corrected chi connectivity index (χ4v) is 3.65. The lowest BCUT2D eigenvalue weighted by molar-refractivity contribution is -0.125. The van der Waals surface area contributed by atoms with Crippen LogP contribution in [0, 0.1) is 5.92 Å². The second kappa shape index (κ2) is 9.73. The molecule has 2 N–H and O–H groups in total. The van der Waals surface area contributed by atoms with Gasteiger partial charge in [0.1, 0.15) is 5.75 Å². The summed E-state index contributed by atoms with van der Waals surface area (Å²) in [7, 11) is 3.28. The van der Waals surface area contributed by atoms with Gasteiger partial charge in [-0.1, -0.05) is 18.2 Å². The molecule has 26 heavy (non-hydrogen) atoms. The molecule has 1 aliphatic rings. The molecule has 0 spiro atoms. The summed E-state index contributed by atoms with van der Waals surface area (Å²) in [5, 5.41) is 6.93. The van der Waals surface area contributed by atoms with Crippen LogP contribution in [0.3, 0.4) is 0 Å². The molecule has 1 fully saturated rings. The number of carbonyl (C=O) groups is 1. The van der Waals surface area contributed by atoms with E-state index in [2.05, 4.69) is 29.4 Å². The first-order chi connectivity index (χ1) is 12.5. The van der Waals surface area contributed by atoms with E-state index in [0.29, 0.717) is 31.4 Å². The Kier molecular flexibility index (Phi) is 7.66. The van der Waals surface area contributed by atoms with Crippen LogP contribution in [0.1, 0.15) is 25.3 Å². The molecule has 0 aliphatic carbocycles. The fraction of sp³-hybridized carbons (Fsp3) is 0.579. The Morgan fingerprint density at radius 2 is 2.04 bits per heavy atom. The summed E-state index contributed by atoms with van der Waals surface area (Å²) in [6.07, 6.45) is 0. The van der Waals surface area contributed by atoms with Crippen LogP contribution < -0.4 is 15.4 Å². The number of ether oxygens (including phenoxy) is 2. The van der Waals surface area contributed by atoms with Crippen LogP contribution in [0.2, 0.25) is 0 Å². The lowest BCUT2D eigenvalue weighted by Gasteiger charge is -2.22. The van der Waals surface area contributed by atoms with Gasteiger partial charge in [-0.2, -0.15) is 0 Å². The zero-order valence-corrected chi connectivity index (χ0v) is 16.8. The molecule has 0 radical (unpaired) electrons. The third kappa shape index (κ3) is 5.08. The number of hydrogen-bond acceptors (Lipinski definition) is 4. The summed E-state index contributed by atoms with van der Waals surface area (Å²) in [6, 6.07) is 8.13. The van der Waals surface area contributed by atoms with Gasteiger partial charge in [0.2, 0.25) is 5.91 Å². The number of benzene rings is 1. The minimum Gasteiger partial charge on any atom is -0.496 e. The van der Waals surface area contributed by atoms with Crippen molar-refractivity contribution in [1.29, 1.82) is 0 Å². The van der Waals surface area contributed by atoms with E-state index in [1.165, 1.54) is 0 Å². The first-order valence-electron chi connectivity index (χ1n) is 8.93. The van der Waals surface area contributed by atoms with Crippen LogP contribution in [-0.4, -0.2) is 62.4 Å². The molecular weight excluding hydrogens is 350 g/mol. The van der Waals surface area contributed by atoms with Gasteiger partial charge in [0.15, 0.2) is 5.11 Å². The summed E-state index contributed by atoms with van der Waals surface area (Å²) >= 11 is 5.53. The Bertz CT molecular complexity index is 624. The zero-order valence-electron chi connectivity index (χ0n) is 16.0. The zero-order chi connectivity index (χ0) is 19.1. The number of nitrogens with one attached hydrogen (secondary N) is 2. The summed E-state index contributed by atoms with van der Waals surface area (Å²) in [4.78, 5) is 14.9. The van der Waals surface area contributed by atoms with Crippen molar-refractivity contribution in [3.8, 4) is 5.75 Å². The van der Waals surface area contributed by atoms with Gasteiger partial charge in [-0.25, -0.2) is 0 Å². The van der Waals surface area contributed by atoms with E-state index in [4.69, 9.17) is 21.7 Å². The number of methoxy groups -OCH3 is 2. The number of amides is 1. The van der Waals surface area contributed by atoms with Crippen molar-refractivity contribution in [3.05, 3.63) is 29.8 Å². The highest BCUT2D eigenvalue weighted by atomic mass is 32.1. The number of hydrogen-bond donors (Lipinski definition) is 2. The van der Waals surface area contributed by atoms with Gasteiger partial charge in [-0.15, -0.1) is 0 Å². The van der Waals surface area contributed by atoms with E-state index >= 15 is 0 Å². The van der Waals surface area contributed by atoms with Crippen LogP contribution in [0.15, 0.2) is 24.3 Å². The van der Waals surface area contributed by atoms with Gasteiger partial charge in [0.05, 0.1) is 19.6 Å². The molecule has 2 rings (SSSR count). The first-order valence-corrected chi connectivity index (χ1v) is 9.33. The van der Waals surface area contributed by atoms with E-state index in [1.807, 2.05) is 24.3 Å². The predicted molar refractivity (Wildman–Crippen MR) is 107 cm³/mol. The summed E-state index contributed by atoms with van der Waals surface area (Å²) in [6.45, 7) is 6.36. The Morgan fingerprint density at radius 3 is 2.69 bits per heavy atom. The maximum atomic E-state index is 12.8. The summed E-state index contributed by atoms with van der Waals surface area (Å²) < 4.78 is 10.6. The fourth-order valence-electron chi connectivity index (χ4n) is 3.27. The number of carbonyl (C=O) groups excluding carboxylic acids is 1. The average molecular weight is 380 g/mol. The molecule has 1 heterocycles. The molecule has 1 aromatic rings. The van der Waals surface area contributed by atoms with Crippen LogP contribution in [0.5, 0.6) is 5.75 Å². The quantitative estimate of drug-likeness (QED) is 0.556. The highest BCUT2D eigenvalue weighted by Gasteiger charge is 2.40. The topological polar surface area (TPSA) is 62.8 Å². The van der Waals surface area contributed by atoms with Crippen LogP contribution in [0.25, 0.3) is 0 Å². The summed E-state index contributed by atoms with van der Waals surface area (Å²) in [5.41, 5.74) is 1.04. The highest BCUT2D eigenvalue weighted by Crippen LogP contribution is 2.37. The SMILES string of the molecule is COCCNC(=O)[C@H]1CN(C(=S)NC(C)C)C[C@H]1c1ccccc1OC. The normalized spacial score (nSPS) is 19.5. The molecule has 1 saturated heterocycles. The number of thiocarbonyl (C=S) groups is 1. The van der Waals surface area contributed by atoms with Crippen LogP contribution >= 0.6 is 12.2 Å². The average Bonchev–Trinajstić information content (AvgIpc) is 3.06. The molecular formula is C19H29N3O3S. The van der Waals surface area contributed by atoms with Gasteiger partial charge in [-0.05, 0) is 37.7 Å². The van der Waals surface area contributed by atoms with E-state index in [-0.39, 0.29) is 23.8 Å². The summed E-state index contributed by atoms with van der Waals surface area (Å²) in [5.74, 6) is 0.639. The van der Waals surface area contributed by atoms with Gasteiger partial charge in [-0.3, -0.25) is 4.79 Å².